The molecule has 0 saturated carbocycles. The Hall–Kier alpha value is -2.73. The van der Waals surface area contributed by atoms with Crippen LogP contribution in [0, 0.1) is 19.9 Å². The average molecular weight is 622 g/mol. The van der Waals surface area contributed by atoms with Crippen LogP contribution >= 0.6 is 0 Å². The van der Waals surface area contributed by atoms with E-state index in [0.29, 0.717) is 0 Å². The molecule has 165 valence electrons. The molecular formula is C25H21IrN2O3S-. The van der Waals surface area contributed by atoms with Gasteiger partial charge in [-0.05, 0) is 72.6 Å². The summed E-state index contributed by atoms with van der Waals surface area (Å²) in [6.45, 7) is 6.85. The van der Waals surface area contributed by atoms with Gasteiger partial charge < -0.3 is 10.1 Å². The van der Waals surface area contributed by atoms with Crippen molar-refractivity contribution >= 4 is 38.1 Å². The molecule has 0 saturated heterocycles. The zero-order chi connectivity index (χ0) is 22.3. The van der Waals surface area contributed by atoms with Gasteiger partial charge in [0.2, 0.25) is 0 Å². The molecule has 0 spiro atoms. The van der Waals surface area contributed by atoms with Crippen molar-refractivity contribution < 1.29 is 34.2 Å². The first-order valence-corrected chi connectivity index (χ1v) is 10.9. The van der Waals surface area contributed by atoms with E-state index in [9.17, 15) is 9.00 Å². The van der Waals surface area contributed by atoms with Gasteiger partial charge in [-0.1, -0.05) is 0 Å². The molecule has 1 N–H and O–H groups in total. The number of aliphatic hydroxyl groups excluding tert-OH is 1. The molecule has 0 aliphatic carbocycles. The molecule has 2 aromatic heterocycles. The van der Waals surface area contributed by atoms with Crippen molar-refractivity contribution in [2.45, 2.75) is 37.5 Å². The summed E-state index contributed by atoms with van der Waals surface area (Å²) in [6, 6.07) is 15.0. The topological polar surface area (TPSA) is 80.1 Å². The smallest absolute Gasteiger partial charge is 0.155 e. The van der Waals surface area contributed by atoms with Gasteiger partial charge in [0.25, 0.3) is 0 Å². The Morgan fingerprint density at radius 1 is 1.09 bits per heavy atom. The van der Waals surface area contributed by atoms with Crippen molar-refractivity contribution in [1.29, 1.82) is 0 Å². The number of hydrogen-bond donors (Lipinski definition) is 1. The third kappa shape index (κ3) is 4.28. The molecule has 0 fully saturated rings. The number of aromatic nitrogens is 2. The number of aliphatic hydroxyl groups is 1. The zero-order valence-electron chi connectivity index (χ0n) is 18.0. The van der Waals surface area contributed by atoms with Crippen LogP contribution in [0.3, 0.4) is 0 Å². The first-order chi connectivity index (χ1) is 14.8. The minimum atomic E-state index is -1.23. The number of rotatable bonds is 1. The Morgan fingerprint density at radius 3 is 2.50 bits per heavy atom. The fourth-order valence-electron chi connectivity index (χ4n) is 3.89. The van der Waals surface area contributed by atoms with E-state index < -0.39 is 10.8 Å². The van der Waals surface area contributed by atoms with Crippen LogP contribution in [-0.4, -0.2) is 25.1 Å². The third-order valence-electron chi connectivity index (χ3n) is 5.01. The number of carbonyl (C=O) groups is 1. The molecule has 1 aliphatic heterocycles. The molecule has 1 unspecified atom stereocenters. The number of pyridine rings is 2. The summed E-state index contributed by atoms with van der Waals surface area (Å²) in [7, 11) is -1.23. The van der Waals surface area contributed by atoms with E-state index in [1.54, 1.807) is 0 Å². The number of benzene rings is 2. The molecule has 1 aliphatic rings. The first-order valence-electron chi connectivity index (χ1n) is 9.78. The second kappa shape index (κ2) is 9.41. The molecule has 0 bridgehead atoms. The minimum Gasteiger partial charge on any atom is -0.512 e. The molecule has 5 nitrogen and oxygen atoms in total. The van der Waals surface area contributed by atoms with Gasteiger partial charge >= 0.3 is 0 Å². The van der Waals surface area contributed by atoms with E-state index in [1.165, 1.54) is 19.9 Å². The van der Waals surface area contributed by atoms with Crippen LogP contribution in [0.2, 0.25) is 0 Å². The summed E-state index contributed by atoms with van der Waals surface area (Å²) in [6.07, 6.45) is 2.99. The van der Waals surface area contributed by atoms with E-state index in [1.807, 2.05) is 50.4 Å². The molecule has 1 atom stereocenters. The number of nitrogens with zero attached hydrogens (tertiary/aromatic N) is 2. The van der Waals surface area contributed by atoms with E-state index in [4.69, 9.17) is 5.11 Å². The maximum absolute atomic E-state index is 13.2. The second-order valence-electron chi connectivity index (χ2n) is 7.48. The van der Waals surface area contributed by atoms with Gasteiger partial charge in [0.1, 0.15) is 0 Å². The Kier molecular flexibility index (Phi) is 7.03. The summed E-state index contributed by atoms with van der Waals surface area (Å²) in [5.74, 6) is -0.0625. The van der Waals surface area contributed by atoms with Gasteiger partial charge in [-0.25, -0.2) is 0 Å². The van der Waals surface area contributed by atoms with Crippen molar-refractivity contribution in [3.8, 4) is 11.3 Å². The molecule has 0 amide bonds. The fourth-order valence-corrected chi connectivity index (χ4v) is 5.29. The predicted octanol–water partition coefficient (Wildman–Crippen LogP) is 5.38. The third-order valence-corrected chi connectivity index (χ3v) is 6.47. The van der Waals surface area contributed by atoms with E-state index in [2.05, 4.69) is 22.1 Å². The Balaban J connectivity index is 0.000000318. The number of hydrogen-bond acceptors (Lipinski definition) is 5. The molecular weight excluding hydrogens is 601 g/mol. The monoisotopic (exact) mass is 622 g/mol. The Bertz CT molecular complexity index is 1430. The van der Waals surface area contributed by atoms with Gasteiger partial charge in [-0.15, -0.1) is 29.8 Å². The van der Waals surface area contributed by atoms with Gasteiger partial charge in [0.15, 0.2) is 5.78 Å². The number of aryl methyl sites for hydroxylation is 2. The molecule has 32 heavy (non-hydrogen) atoms. The van der Waals surface area contributed by atoms with Gasteiger partial charge in [0, 0.05) is 64.8 Å². The van der Waals surface area contributed by atoms with Crippen molar-refractivity contribution in [2.24, 2.45) is 0 Å². The van der Waals surface area contributed by atoms with Crippen LogP contribution in [0.5, 0.6) is 0 Å². The maximum atomic E-state index is 13.2. The van der Waals surface area contributed by atoms with Crippen LogP contribution in [0.25, 0.3) is 32.8 Å². The summed E-state index contributed by atoms with van der Waals surface area (Å²) in [5.41, 5.74) is 3.66. The van der Waals surface area contributed by atoms with Crippen LogP contribution < -0.4 is 0 Å². The molecule has 7 heteroatoms. The first kappa shape index (κ1) is 23.9. The van der Waals surface area contributed by atoms with Crippen LogP contribution in [-0.2, 0) is 35.7 Å². The quantitative estimate of drug-likeness (QED) is 0.118. The molecule has 4 aromatic rings. The standard InChI is InChI=1S/C20H13N2OS.C5H8O2.Ir/c1-11-9-16-13-7-8-21-20-14-5-3-4-6-17(14)24(23)18(19(13)20)10-15(16)12(2)22-11;1-4(6)3-5(2)7;/h3-4,6-10H,1-2H3;3,6H,1-2H3;/q-1;;/b;4-3-;. The van der Waals surface area contributed by atoms with Crippen molar-refractivity contribution in [1.82, 2.24) is 9.97 Å². The van der Waals surface area contributed by atoms with Gasteiger partial charge in [0.05, 0.1) is 5.76 Å². The SMILES string of the molecule is CC(=O)/C=C(/C)O.Cc1cc2c(cc3c4c(nccc42)-c2[c-]cccc2S3=O)c(C)n1.[Ir]. The van der Waals surface area contributed by atoms with Gasteiger partial charge in [-0.2, -0.15) is 0 Å². The van der Waals surface area contributed by atoms with E-state index in [-0.39, 0.29) is 31.6 Å². The zero-order valence-corrected chi connectivity index (χ0v) is 21.2. The van der Waals surface area contributed by atoms with Crippen LogP contribution in [0.4, 0.5) is 0 Å². The molecule has 2 aromatic carbocycles. The Labute approximate surface area is 202 Å². The van der Waals surface area contributed by atoms with Crippen molar-refractivity contribution in [3.05, 3.63) is 71.9 Å². The number of carbonyl (C=O) groups excluding carboxylic acids is 1. The second-order valence-corrected chi connectivity index (χ2v) is 8.89. The molecule has 5 rings (SSSR count). The summed E-state index contributed by atoms with van der Waals surface area (Å²) < 4.78 is 13.2. The van der Waals surface area contributed by atoms with Gasteiger partial charge in [-0.3, -0.25) is 14.0 Å². The number of ketones is 1. The van der Waals surface area contributed by atoms with E-state index >= 15 is 0 Å². The summed E-state index contributed by atoms with van der Waals surface area (Å²) in [4.78, 5) is 20.8. The summed E-state index contributed by atoms with van der Waals surface area (Å²) >= 11 is 0. The normalized spacial score (nSPS) is 14.2. The van der Waals surface area contributed by atoms with Crippen molar-refractivity contribution in [2.75, 3.05) is 0 Å². The largest absolute Gasteiger partial charge is 0.512 e. The summed E-state index contributed by atoms with van der Waals surface area (Å²) in [5, 5.41) is 12.6. The number of fused-ring (bicyclic) bond motifs is 4. The van der Waals surface area contributed by atoms with E-state index in [0.717, 1.165) is 54.0 Å². The van der Waals surface area contributed by atoms with Crippen LogP contribution in [0.15, 0.2) is 64.2 Å². The predicted molar refractivity (Wildman–Crippen MR) is 123 cm³/mol. The molecule has 3 heterocycles. The maximum Gasteiger partial charge on any atom is 0.155 e. The van der Waals surface area contributed by atoms with Crippen molar-refractivity contribution in [3.63, 3.8) is 0 Å². The molecule has 1 radical (unpaired) electrons. The fraction of sp³-hybridized carbons (Fsp3) is 0.160. The average Bonchev–Trinajstić information content (AvgIpc) is 2.71. The Morgan fingerprint density at radius 2 is 1.84 bits per heavy atom. The minimum absolute atomic E-state index is 0. The number of allylic oxidation sites excluding steroid dienone is 2. The van der Waals surface area contributed by atoms with Crippen LogP contribution in [0.1, 0.15) is 25.2 Å².